The van der Waals surface area contributed by atoms with Gasteiger partial charge in [-0.3, -0.25) is 4.90 Å². The van der Waals surface area contributed by atoms with Crippen LogP contribution in [0.3, 0.4) is 0 Å². The molecule has 1 heterocycles. The molecule has 2 rings (SSSR count). The van der Waals surface area contributed by atoms with Gasteiger partial charge in [0.25, 0.3) is 0 Å². The van der Waals surface area contributed by atoms with Crippen LogP contribution in [0.4, 0.5) is 0 Å². The van der Waals surface area contributed by atoms with Gasteiger partial charge in [-0.05, 0) is 45.1 Å². The average molecular weight is 238 g/mol. The number of hydrogen-bond acceptors (Lipinski definition) is 2. The van der Waals surface area contributed by atoms with Crippen molar-refractivity contribution in [1.29, 1.82) is 0 Å². The van der Waals surface area contributed by atoms with Gasteiger partial charge in [0.1, 0.15) is 0 Å². The molecular formula is C15H30N2. The van der Waals surface area contributed by atoms with Crippen molar-refractivity contribution >= 4 is 0 Å². The van der Waals surface area contributed by atoms with Crippen molar-refractivity contribution in [2.24, 2.45) is 11.8 Å². The van der Waals surface area contributed by atoms with Gasteiger partial charge in [0.2, 0.25) is 0 Å². The smallest absolute Gasteiger partial charge is 0.0193 e. The molecule has 1 N–H and O–H groups in total. The summed E-state index contributed by atoms with van der Waals surface area (Å²) in [6.45, 7) is 10.8. The maximum Gasteiger partial charge on any atom is 0.0193 e. The molecule has 0 amide bonds. The van der Waals surface area contributed by atoms with Gasteiger partial charge in [0.05, 0.1) is 0 Å². The number of nitrogens with one attached hydrogen (secondary N) is 1. The highest BCUT2D eigenvalue weighted by molar-refractivity contribution is 4.82. The molecule has 17 heavy (non-hydrogen) atoms. The highest BCUT2D eigenvalue weighted by Crippen LogP contribution is 2.31. The topological polar surface area (TPSA) is 15.3 Å². The molecule has 0 radical (unpaired) electrons. The number of nitrogens with zero attached hydrogens (tertiary/aromatic N) is 1. The molecule has 4 atom stereocenters. The molecular weight excluding hydrogens is 208 g/mol. The van der Waals surface area contributed by atoms with E-state index in [1.54, 1.807) is 0 Å². The van der Waals surface area contributed by atoms with E-state index in [0.717, 1.165) is 17.9 Å². The van der Waals surface area contributed by atoms with Gasteiger partial charge in [-0.25, -0.2) is 0 Å². The van der Waals surface area contributed by atoms with Crippen molar-refractivity contribution in [2.45, 2.75) is 65.0 Å². The first-order chi connectivity index (χ1) is 8.15. The summed E-state index contributed by atoms with van der Waals surface area (Å²) in [5, 5.41) is 3.57. The fourth-order valence-corrected chi connectivity index (χ4v) is 3.58. The number of piperazine rings is 1. The molecule has 100 valence electrons. The van der Waals surface area contributed by atoms with Crippen LogP contribution in [0.1, 0.15) is 52.9 Å². The fraction of sp³-hybridized carbons (Fsp3) is 1.00. The van der Waals surface area contributed by atoms with E-state index in [0.29, 0.717) is 6.04 Å². The summed E-state index contributed by atoms with van der Waals surface area (Å²) < 4.78 is 0. The summed E-state index contributed by atoms with van der Waals surface area (Å²) in [6.07, 6.45) is 7.34. The molecule has 1 saturated heterocycles. The molecule has 2 aliphatic rings. The van der Waals surface area contributed by atoms with Crippen LogP contribution in [0, 0.1) is 11.8 Å². The Morgan fingerprint density at radius 1 is 1.18 bits per heavy atom. The molecule has 0 spiro atoms. The third kappa shape index (κ3) is 3.96. The first kappa shape index (κ1) is 13.4. The highest BCUT2D eigenvalue weighted by atomic mass is 15.2. The summed E-state index contributed by atoms with van der Waals surface area (Å²) in [5.74, 6) is 1.99. The van der Waals surface area contributed by atoms with Gasteiger partial charge in [0, 0.05) is 25.2 Å². The minimum absolute atomic E-state index is 0.677. The Hall–Kier alpha value is -0.0800. The molecule has 2 heteroatoms. The largest absolute Gasteiger partial charge is 0.311 e. The third-order valence-electron chi connectivity index (χ3n) is 4.76. The minimum atomic E-state index is 0.677. The Bertz CT molecular complexity index is 229. The Morgan fingerprint density at radius 3 is 2.76 bits per heavy atom. The van der Waals surface area contributed by atoms with Crippen LogP contribution in [0.25, 0.3) is 0 Å². The van der Waals surface area contributed by atoms with E-state index in [9.17, 15) is 0 Å². The zero-order chi connectivity index (χ0) is 12.3. The zero-order valence-electron chi connectivity index (χ0n) is 11.9. The summed E-state index contributed by atoms with van der Waals surface area (Å²) in [5.41, 5.74) is 0. The fourth-order valence-electron chi connectivity index (χ4n) is 3.58. The zero-order valence-corrected chi connectivity index (χ0v) is 11.9. The molecule has 0 aromatic carbocycles. The van der Waals surface area contributed by atoms with E-state index >= 15 is 0 Å². The average Bonchev–Trinajstić information content (AvgIpc) is 2.30. The van der Waals surface area contributed by atoms with Crippen molar-refractivity contribution < 1.29 is 0 Å². The molecule has 0 aromatic heterocycles. The van der Waals surface area contributed by atoms with E-state index in [1.807, 2.05) is 0 Å². The first-order valence-electron chi connectivity index (χ1n) is 7.62. The second-order valence-corrected chi connectivity index (χ2v) is 6.58. The molecule has 2 nitrogen and oxygen atoms in total. The predicted molar refractivity (Wildman–Crippen MR) is 74.2 cm³/mol. The van der Waals surface area contributed by atoms with Crippen LogP contribution < -0.4 is 5.32 Å². The summed E-state index contributed by atoms with van der Waals surface area (Å²) in [4.78, 5) is 2.69. The van der Waals surface area contributed by atoms with Crippen LogP contribution >= 0.6 is 0 Å². The quantitative estimate of drug-likeness (QED) is 0.813. The minimum Gasteiger partial charge on any atom is -0.311 e. The van der Waals surface area contributed by atoms with E-state index in [4.69, 9.17) is 0 Å². The van der Waals surface area contributed by atoms with Crippen LogP contribution in [-0.4, -0.2) is 36.6 Å². The standard InChI is InChI=1S/C15H30N2/c1-12-5-4-6-15(9-12)7-8-17-11-13(2)16-10-14(17)3/h12-16H,4-11H2,1-3H3. The van der Waals surface area contributed by atoms with E-state index in [2.05, 4.69) is 31.0 Å². The molecule has 1 aliphatic carbocycles. The lowest BCUT2D eigenvalue weighted by Crippen LogP contribution is -2.54. The molecule has 2 fully saturated rings. The highest BCUT2D eigenvalue weighted by Gasteiger charge is 2.24. The van der Waals surface area contributed by atoms with Crippen molar-refractivity contribution in [3.63, 3.8) is 0 Å². The van der Waals surface area contributed by atoms with Gasteiger partial charge in [-0.2, -0.15) is 0 Å². The van der Waals surface area contributed by atoms with E-state index in [1.165, 1.54) is 51.7 Å². The maximum absolute atomic E-state index is 3.57. The Morgan fingerprint density at radius 2 is 2.00 bits per heavy atom. The summed E-state index contributed by atoms with van der Waals surface area (Å²) in [6, 6.07) is 1.41. The Balaban J connectivity index is 1.72. The Kier molecular flexibility index (Phi) is 4.87. The molecule has 1 saturated carbocycles. The predicted octanol–water partition coefficient (Wildman–Crippen LogP) is 2.89. The van der Waals surface area contributed by atoms with Gasteiger partial charge < -0.3 is 5.32 Å². The number of rotatable bonds is 3. The third-order valence-corrected chi connectivity index (χ3v) is 4.76. The SMILES string of the molecule is CC1CCCC(CCN2CC(C)NCC2C)C1. The molecule has 0 aromatic rings. The van der Waals surface area contributed by atoms with Gasteiger partial charge in [-0.15, -0.1) is 0 Å². The molecule has 0 bridgehead atoms. The lowest BCUT2D eigenvalue weighted by molar-refractivity contribution is 0.129. The summed E-state index contributed by atoms with van der Waals surface area (Å²) >= 11 is 0. The van der Waals surface area contributed by atoms with E-state index in [-0.39, 0.29) is 0 Å². The second-order valence-electron chi connectivity index (χ2n) is 6.58. The lowest BCUT2D eigenvalue weighted by atomic mass is 9.81. The van der Waals surface area contributed by atoms with Crippen molar-refractivity contribution in [3.8, 4) is 0 Å². The van der Waals surface area contributed by atoms with Crippen LogP contribution in [0.15, 0.2) is 0 Å². The Labute approximate surface area is 107 Å². The molecule has 1 aliphatic heterocycles. The van der Waals surface area contributed by atoms with Crippen molar-refractivity contribution in [1.82, 2.24) is 10.2 Å². The van der Waals surface area contributed by atoms with E-state index < -0.39 is 0 Å². The van der Waals surface area contributed by atoms with Crippen molar-refractivity contribution in [2.75, 3.05) is 19.6 Å². The normalized spacial score (nSPS) is 40.4. The first-order valence-corrected chi connectivity index (χ1v) is 7.62. The monoisotopic (exact) mass is 238 g/mol. The lowest BCUT2D eigenvalue weighted by Gasteiger charge is -2.38. The van der Waals surface area contributed by atoms with Crippen LogP contribution in [-0.2, 0) is 0 Å². The van der Waals surface area contributed by atoms with Crippen LogP contribution in [0.2, 0.25) is 0 Å². The second kappa shape index (κ2) is 6.19. The number of hydrogen-bond donors (Lipinski definition) is 1. The van der Waals surface area contributed by atoms with Gasteiger partial charge >= 0.3 is 0 Å². The van der Waals surface area contributed by atoms with Crippen LogP contribution in [0.5, 0.6) is 0 Å². The summed E-state index contributed by atoms with van der Waals surface area (Å²) in [7, 11) is 0. The molecule has 4 unspecified atom stereocenters. The maximum atomic E-state index is 3.57. The van der Waals surface area contributed by atoms with Crippen molar-refractivity contribution in [3.05, 3.63) is 0 Å². The van der Waals surface area contributed by atoms with Gasteiger partial charge in [-0.1, -0.05) is 26.2 Å². The van der Waals surface area contributed by atoms with Gasteiger partial charge in [0.15, 0.2) is 0 Å².